The van der Waals surface area contributed by atoms with Crippen molar-refractivity contribution in [2.75, 3.05) is 19.3 Å². The van der Waals surface area contributed by atoms with E-state index in [1.807, 2.05) is 47.2 Å². The topological polar surface area (TPSA) is 107 Å². The molecule has 4 rings (SSSR count). The van der Waals surface area contributed by atoms with Gasteiger partial charge in [0.25, 0.3) is 5.91 Å². The van der Waals surface area contributed by atoms with Gasteiger partial charge >= 0.3 is 6.09 Å². The summed E-state index contributed by atoms with van der Waals surface area (Å²) in [4.78, 5) is 27.7. The molecule has 9 heteroatoms. The van der Waals surface area contributed by atoms with Crippen LogP contribution >= 0.6 is 0 Å². The zero-order chi connectivity index (χ0) is 25.0. The quantitative estimate of drug-likeness (QED) is 0.542. The van der Waals surface area contributed by atoms with Crippen LogP contribution in [-0.4, -0.2) is 66.8 Å². The van der Waals surface area contributed by atoms with Gasteiger partial charge < -0.3 is 10.0 Å². The Morgan fingerprint density at radius 3 is 2.34 bits per heavy atom. The molecule has 0 aromatic heterocycles. The zero-order valence-electron chi connectivity index (χ0n) is 19.7. The molecule has 0 spiro atoms. The number of hydrogen-bond donors (Lipinski definition) is 2. The average Bonchev–Trinajstić information content (AvgIpc) is 3.59. The molecule has 2 aromatic rings. The van der Waals surface area contributed by atoms with Crippen molar-refractivity contribution in [3.63, 3.8) is 0 Å². The van der Waals surface area contributed by atoms with Gasteiger partial charge in [0.05, 0.1) is 6.26 Å². The number of nitrogens with one attached hydrogen (secondary N) is 1. The second kappa shape index (κ2) is 10.6. The fourth-order valence-electron chi connectivity index (χ4n) is 4.85. The maximum absolute atomic E-state index is 12.1. The van der Waals surface area contributed by atoms with Gasteiger partial charge in [0.2, 0.25) is 10.0 Å². The van der Waals surface area contributed by atoms with Crippen molar-refractivity contribution in [1.82, 2.24) is 14.5 Å². The van der Waals surface area contributed by atoms with Crippen LogP contribution in [0.2, 0.25) is 0 Å². The molecule has 0 bridgehead atoms. The molecular weight excluding hydrogens is 466 g/mol. The number of nitrogens with zero attached hydrogens (tertiary/aromatic N) is 2. The van der Waals surface area contributed by atoms with Crippen LogP contribution < -0.4 is 4.72 Å². The van der Waals surface area contributed by atoms with Crippen LogP contribution in [0.15, 0.2) is 60.7 Å². The molecule has 2 aromatic carbocycles. The third-order valence-corrected chi connectivity index (χ3v) is 7.18. The molecule has 1 aliphatic heterocycles. The Hall–Kier alpha value is -3.17. The average molecular weight is 498 g/mol. The molecule has 1 saturated heterocycles. The molecule has 186 valence electrons. The van der Waals surface area contributed by atoms with Crippen LogP contribution in [0.4, 0.5) is 4.79 Å². The van der Waals surface area contributed by atoms with E-state index in [9.17, 15) is 23.1 Å². The number of carbonyl (C=O) groups excluding carboxylic acids is 1. The molecule has 35 heavy (non-hydrogen) atoms. The van der Waals surface area contributed by atoms with E-state index >= 15 is 0 Å². The third kappa shape index (κ3) is 6.93. The molecule has 2 amide bonds. The minimum atomic E-state index is -3.57. The highest BCUT2D eigenvalue weighted by atomic mass is 32.2. The van der Waals surface area contributed by atoms with Gasteiger partial charge in [0, 0.05) is 43.7 Å². The predicted molar refractivity (Wildman–Crippen MR) is 134 cm³/mol. The molecule has 1 heterocycles. The number of carbonyl (C=O) groups is 2. The van der Waals surface area contributed by atoms with E-state index in [0.29, 0.717) is 5.92 Å². The molecule has 2 fully saturated rings. The van der Waals surface area contributed by atoms with Gasteiger partial charge in [-0.15, -0.1) is 0 Å². The molecule has 2 aliphatic rings. The smallest absolute Gasteiger partial charge is 0.407 e. The van der Waals surface area contributed by atoms with Crippen molar-refractivity contribution in [1.29, 1.82) is 0 Å². The number of sulfonamides is 1. The Bertz CT molecular complexity index is 1170. The fourth-order valence-corrected chi connectivity index (χ4v) is 5.29. The Morgan fingerprint density at radius 1 is 1.09 bits per heavy atom. The zero-order valence-corrected chi connectivity index (χ0v) is 20.5. The van der Waals surface area contributed by atoms with E-state index in [1.165, 1.54) is 11.6 Å². The van der Waals surface area contributed by atoms with Crippen LogP contribution in [0, 0.1) is 0 Å². The molecule has 2 atom stereocenters. The number of likely N-dealkylation sites (tertiary alicyclic amines) is 1. The highest BCUT2D eigenvalue weighted by molar-refractivity contribution is 7.89. The minimum absolute atomic E-state index is 0.0491. The number of amides is 2. The van der Waals surface area contributed by atoms with E-state index in [1.54, 1.807) is 11.0 Å². The first kappa shape index (κ1) is 24.9. The SMILES string of the molecule is CS(=O)(=O)NC(=O)C=Cc1ccc(CN2CCC(N(C(=O)O)[C@@H]3C[C@H]3c3ccccc3)CC2)cc1. The van der Waals surface area contributed by atoms with Crippen LogP contribution in [-0.2, 0) is 21.4 Å². The summed E-state index contributed by atoms with van der Waals surface area (Å²) in [7, 11) is -3.57. The summed E-state index contributed by atoms with van der Waals surface area (Å²) in [6.07, 6.45) is 5.41. The summed E-state index contributed by atoms with van der Waals surface area (Å²) in [6, 6.07) is 18.0. The van der Waals surface area contributed by atoms with Gasteiger partial charge in [0.15, 0.2) is 0 Å². The lowest BCUT2D eigenvalue weighted by molar-refractivity contribution is -0.114. The molecule has 0 unspecified atom stereocenters. The van der Waals surface area contributed by atoms with Crippen LogP contribution in [0.5, 0.6) is 0 Å². The van der Waals surface area contributed by atoms with Gasteiger partial charge in [-0.1, -0.05) is 54.6 Å². The summed E-state index contributed by atoms with van der Waals surface area (Å²) >= 11 is 0. The first-order chi connectivity index (χ1) is 16.7. The highest BCUT2D eigenvalue weighted by Gasteiger charge is 2.47. The monoisotopic (exact) mass is 497 g/mol. The van der Waals surface area contributed by atoms with Gasteiger partial charge in [-0.3, -0.25) is 9.69 Å². The lowest BCUT2D eigenvalue weighted by atomic mass is 10.0. The largest absolute Gasteiger partial charge is 0.465 e. The van der Waals surface area contributed by atoms with Crippen LogP contribution in [0.25, 0.3) is 6.08 Å². The van der Waals surface area contributed by atoms with Crippen molar-refractivity contribution in [2.45, 2.75) is 43.8 Å². The standard InChI is InChI=1S/C26H31N3O5S/c1-35(33,34)27-25(30)12-11-19-7-9-20(10-8-19)18-28-15-13-22(14-16-28)29(26(31)32)24-17-23(24)21-5-3-2-4-6-21/h2-12,22-24H,13-18H2,1H3,(H,27,30)(H,31,32)/t23-,24+/m0/s1. The number of hydrogen-bond acceptors (Lipinski definition) is 5. The first-order valence-electron chi connectivity index (χ1n) is 11.8. The number of piperidine rings is 1. The predicted octanol–water partition coefficient (Wildman–Crippen LogP) is 3.28. The third-order valence-electron chi connectivity index (χ3n) is 6.61. The summed E-state index contributed by atoms with van der Waals surface area (Å²) in [5.41, 5.74) is 3.14. The second-order valence-electron chi connectivity index (χ2n) is 9.33. The Balaban J connectivity index is 1.27. The summed E-state index contributed by atoms with van der Waals surface area (Å²) in [6.45, 7) is 2.45. The molecule has 2 N–H and O–H groups in total. The maximum atomic E-state index is 12.1. The summed E-state index contributed by atoms with van der Waals surface area (Å²) in [5, 5.41) is 9.91. The van der Waals surface area contributed by atoms with Crippen molar-refractivity contribution in [2.24, 2.45) is 0 Å². The normalized spacial score (nSPS) is 21.1. The van der Waals surface area contributed by atoms with E-state index in [4.69, 9.17) is 0 Å². The number of benzene rings is 2. The van der Waals surface area contributed by atoms with E-state index in [2.05, 4.69) is 17.0 Å². The highest BCUT2D eigenvalue weighted by Crippen LogP contribution is 2.46. The molecule has 1 saturated carbocycles. The molecular formula is C26H31N3O5S. The van der Waals surface area contributed by atoms with Crippen LogP contribution in [0.1, 0.15) is 41.9 Å². The van der Waals surface area contributed by atoms with Gasteiger partial charge in [0.1, 0.15) is 0 Å². The molecule has 1 aliphatic carbocycles. The Labute approximate surface area is 206 Å². The van der Waals surface area contributed by atoms with Crippen molar-refractivity contribution >= 4 is 28.1 Å². The lowest BCUT2D eigenvalue weighted by Gasteiger charge is -2.37. The van der Waals surface area contributed by atoms with Gasteiger partial charge in [-0.25, -0.2) is 17.9 Å². The van der Waals surface area contributed by atoms with Crippen LogP contribution in [0.3, 0.4) is 0 Å². The van der Waals surface area contributed by atoms with Crippen molar-refractivity contribution < 1.29 is 23.1 Å². The number of carboxylic acid groups (broad SMARTS) is 1. The minimum Gasteiger partial charge on any atom is -0.465 e. The lowest BCUT2D eigenvalue weighted by Crippen LogP contribution is -2.48. The fraction of sp³-hybridized carbons (Fsp3) is 0.385. The summed E-state index contributed by atoms with van der Waals surface area (Å²) < 4.78 is 24.1. The van der Waals surface area contributed by atoms with E-state index in [0.717, 1.165) is 56.3 Å². The van der Waals surface area contributed by atoms with Gasteiger partial charge in [-0.2, -0.15) is 0 Å². The van der Waals surface area contributed by atoms with E-state index < -0.39 is 22.0 Å². The number of rotatable bonds is 8. The van der Waals surface area contributed by atoms with Crippen molar-refractivity contribution in [3.05, 3.63) is 77.4 Å². The molecule has 0 radical (unpaired) electrons. The maximum Gasteiger partial charge on any atom is 0.407 e. The van der Waals surface area contributed by atoms with E-state index in [-0.39, 0.29) is 12.1 Å². The molecule has 8 nitrogen and oxygen atoms in total. The second-order valence-corrected chi connectivity index (χ2v) is 11.1. The van der Waals surface area contributed by atoms with Crippen molar-refractivity contribution in [3.8, 4) is 0 Å². The Morgan fingerprint density at radius 2 is 1.74 bits per heavy atom. The van der Waals surface area contributed by atoms with Gasteiger partial charge in [-0.05, 0) is 42.0 Å². The summed E-state index contributed by atoms with van der Waals surface area (Å²) in [5.74, 6) is -0.383. The first-order valence-corrected chi connectivity index (χ1v) is 13.7. The Kier molecular flexibility index (Phi) is 7.57.